The predicted octanol–water partition coefficient (Wildman–Crippen LogP) is 7.69. The van der Waals surface area contributed by atoms with Crippen LogP contribution in [0.25, 0.3) is 11.1 Å². The topological polar surface area (TPSA) is 112 Å². The Morgan fingerprint density at radius 2 is 1.85 bits per heavy atom. The van der Waals surface area contributed by atoms with Gasteiger partial charge in [-0.25, -0.2) is 0 Å². The smallest absolute Gasteiger partial charge is 0.256 e. The SMILES string of the molecule is CC.CCCC1=NC2(CCN(C(=O)CCF)CC2)C(=O)N1Cc1ccc(-c2ccccc2SN(O)c2noc(C)c2C)c(COCC)c1. The van der Waals surface area contributed by atoms with Crippen molar-refractivity contribution in [3.63, 3.8) is 0 Å². The number of alkyl halides is 1. The maximum Gasteiger partial charge on any atom is 0.256 e. The molecule has 1 spiro atoms. The summed E-state index contributed by atoms with van der Waals surface area (Å²) < 4.78 is 24.9. The number of carbonyl (C=O) groups is 2. The number of benzene rings is 2. The Balaban J connectivity index is 0.00000255. The zero-order valence-corrected chi connectivity index (χ0v) is 29.7. The van der Waals surface area contributed by atoms with Gasteiger partial charge in [0.2, 0.25) is 11.7 Å². The molecule has 12 heteroatoms. The number of hydrogen-bond donors (Lipinski definition) is 1. The van der Waals surface area contributed by atoms with E-state index in [-0.39, 0.29) is 18.2 Å². The summed E-state index contributed by atoms with van der Waals surface area (Å²) in [5, 5.41) is 14.9. The van der Waals surface area contributed by atoms with Crippen molar-refractivity contribution in [2.75, 3.05) is 30.8 Å². The third kappa shape index (κ3) is 8.10. The number of piperidine rings is 1. The van der Waals surface area contributed by atoms with Crippen molar-refractivity contribution in [3.05, 3.63) is 64.9 Å². The van der Waals surface area contributed by atoms with Crippen molar-refractivity contribution < 1.29 is 28.4 Å². The lowest BCUT2D eigenvalue weighted by molar-refractivity contribution is -0.138. The molecular formula is C36H48FN5O5S. The number of aliphatic imine (C=N–C) groups is 1. The molecular weight excluding hydrogens is 633 g/mol. The normalized spacial score (nSPS) is 15.4. The Morgan fingerprint density at radius 3 is 2.50 bits per heavy atom. The monoisotopic (exact) mass is 681 g/mol. The summed E-state index contributed by atoms with van der Waals surface area (Å²) in [5.74, 6) is 1.51. The number of rotatable bonds is 13. The second-order valence-electron chi connectivity index (χ2n) is 11.7. The van der Waals surface area contributed by atoms with Crippen molar-refractivity contribution in [1.29, 1.82) is 0 Å². The fourth-order valence-electron chi connectivity index (χ4n) is 6.00. The number of aromatic nitrogens is 1. The van der Waals surface area contributed by atoms with Gasteiger partial charge < -0.3 is 14.2 Å². The maximum atomic E-state index is 14.0. The van der Waals surface area contributed by atoms with E-state index in [0.717, 1.165) is 61.4 Å². The van der Waals surface area contributed by atoms with E-state index in [1.165, 1.54) is 0 Å². The lowest BCUT2D eigenvalue weighted by atomic mass is 9.87. The van der Waals surface area contributed by atoms with Crippen molar-refractivity contribution in [3.8, 4) is 11.1 Å². The van der Waals surface area contributed by atoms with E-state index in [2.05, 4.69) is 18.1 Å². The lowest BCUT2D eigenvalue weighted by Crippen LogP contribution is -2.51. The van der Waals surface area contributed by atoms with Crippen LogP contribution >= 0.6 is 11.9 Å². The molecule has 0 bridgehead atoms. The maximum absolute atomic E-state index is 14.0. The van der Waals surface area contributed by atoms with E-state index in [1.807, 2.05) is 64.1 Å². The molecule has 0 radical (unpaired) electrons. The van der Waals surface area contributed by atoms with Crippen molar-refractivity contribution in [2.45, 2.75) is 97.2 Å². The highest BCUT2D eigenvalue weighted by Gasteiger charge is 2.49. The van der Waals surface area contributed by atoms with Gasteiger partial charge in [0.05, 0.1) is 26.2 Å². The molecule has 0 unspecified atom stereocenters. The van der Waals surface area contributed by atoms with Crippen LogP contribution < -0.4 is 4.47 Å². The number of hydrogen-bond acceptors (Lipinski definition) is 9. The molecule has 1 aromatic heterocycles. The average Bonchev–Trinajstić information content (AvgIpc) is 3.56. The molecule has 1 saturated heterocycles. The number of ether oxygens (including phenoxy) is 1. The summed E-state index contributed by atoms with van der Waals surface area (Å²) in [6, 6.07) is 14.0. The van der Waals surface area contributed by atoms with Crippen molar-refractivity contribution in [1.82, 2.24) is 15.0 Å². The molecule has 2 aliphatic heterocycles. The minimum absolute atomic E-state index is 0.0351. The van der Waals surface area contributed by atoms with E-state index >= 15 is 0 Å². The van der Waals surface area contributed by atoms with Crippen LogP contribution in [0, 0.1) is 13.8 Å². The molecule has 0 atom stereocenters. The second-order valence-corrected chi connectivity index (χ2v) is 12.7. The number of nitrogens with zero attached hydrogens (tertiary/aromatic N) is 5. The third-order valence-corrected chi connectivity index (χ3v) is 9.57. The number of amidine groups is 1. The lowest BCUT2D eigenvalue weighted by Gasteiger charge is -2.36. The van der Waals surface area contributed by atoms with Gasteiger partial charge >= 0.3 is 0 Å². The Kier molecular flexibility index (Phi) is 13.2. The molecule has 0 aliphatic carbocycles. The van der Waals surface area contributed by atoms with Crippen molar-refractivity contribution in [2.24, 2.45) is 4.99 Å². The number of carbonyl (C=O) groups excluding carboxylic acids is 2. The van der Waals surface area contributed by atoms with E-state index in [0.29, 0.717) is 63.7 Å². The molecule has 3 aromatic rings. The summed E-state index contributed by atoms with van der Waals surface area (Å²) in [4.78, 5) is 35.5. The quantitative estimate of drug-likeness (QED) is 0.144. The fraction of sp³-hybridized carbons (Fsp3) is 0.500. The van der Waals surface area contributed by atoms with Gasteiger partial charge in [0.25, 0.3) is 5.91 Å². The summed E-state index contributed by atoms with van der Waals surface area (Å²) >= 11 is 1.15. The highest BCUT2D eigenvalue weighted by molar-refractivity contribution is 8.00. The van der Waals surface area contributed by atoms with Crippen LogP contribution in [-0.2, 0) is 27.5 Å². The van der Waals surface area contributed by atoms with Crippen LogP contribution in [0.3, 0.4) is 0 Å². The van der Waals surface area contributed by atoms with Gasteiger partial charge in [0.15, 0.2) is 0 Å². The van der Waals surface area contributed by atoms with Crippen LogP contribution in [-0.4, -0.2) is 69.7 Å². The third-order valence-electron chi connectivity index (χ3n) is 8.67. The van der Waals surface area contributed by atoms with Crippen LogP contribution in [0.1, 0.15) is 82.2 Å². The minimum Gasteiger partial charge on any atom is -0.377 e. The zero-order valence-electron chi connectivity index (χ0n) is 28.9. The number of aryl methyl sites for hydroxylation is 1. The number of anilines is 1. The molecule has 48 heavy (non-hydrogen) atoms. The standard InChI is InChI=1S/C34H42FN5O5S.C2H6/c1-5-9-30-36-34(15-18-38(19-16-34)31(41)14-17-35)33(42)39(30)21-25-12-13-27(26(20-25)22-44-6-2)28-10-7-8-11-29(28)46-40(43)32-23(3)24(4)45-37-32;1-2/h7-8,10-13,20,43H,5-6,9,14-19,21-22H2,1-4H3;1-2H3. The first-order valence-electron chi connectivity index (χ1n) is 16.8. The Hall–Kier alpha value is -3.74. The number of halogens is 1. The highest BCUT2D eigenvalue weighted by Crippen LogP contribution is 2.39. The van der Waals surface area contributed by atoms with Crippen molar-refractivity contribution >= 4 is 35.4 Å². The molecule has 1 fully saturated rings. The van der Waals surface area contributed by atoms with E-state index in [4.69, 9.17) is 14.3 Å². The summed E-state index contributed by atoms with van der Waals surface area (Å²) in [7, 11) is 0. The first-order chi connectivity index (χ1) is 23.2. The zero-order chi connectivity index (χ0) is 34.8. The molecule has 2 amide bonds. The molecule has 260 valence electrons. The first kappa shape index (κ1) is 37.1. The molecule has 5 rings (SSSR count). The Labute approximate surface area is 287 Å². The largest absolute Gasteiger partial charge is 0.377 e. The fourth-order valence-corrected chi connectivity index (χ4v) is 6.86. The molecule has 0 saturated carbocycles. The van der Waals surface area contributed by atoms with Gasteiger partial charge in [0.1, 0.15) is 17.1 Å². The Morgan fingerprint density at radius 1 is 1.12 bits per heavy atom. The van der Waals surface area contributed by atoms with Crippen LogP contribution in [0.4, 0.5) is 10.2 Å². The van der Waals surface area contributed by atoms with E-state index in [9.17, 15) is 19.2 Å². The number of likely N-dealkylation sites (tertiary alicyclic amines) is 1. The Bertz CT molecular complexity index is 1590. The predicted molar refractivity (Wildman–Crippen MR) is 187 cm³/mol. The van der Waals surface area contributed by atoms with Gasteiger partial charge in [0, 0.05) is 48.5 Å². The molecule has 2 aromatic carbocycles. The van der Waals surface area contributed by atoms with Crippen LogP contribution in [0.2, 0.25) is 0 Å². The number of amides is 2. The molecule has 1 N–H and O–H groups in total. The van der Waals surface area contributed by atoms with Gasteiger partial charge in [-0.1, -0.05) is 62.3 Å². The van der Waals surface area contributed by atoms with Crippen LogP contribution in [0.5, 0.6) is 0 Å². The second kappa shape index (κ2) is 17.1. The molecule has 10 nitrogen and oxygen atoms in total. The summed E-state index contributed by atoms with van der Waals surface area (Å²) in [5.41, 5.74) is 3.67. The average molecular weight is 682 g/mol. The van der Waals surface area contributed by atoms with Gasteiger partial charge in [-0.05, 0) is 68.4 Å². The molecule has 2 aliphatic rings. The van der Waals surface area contributed by atoms with Crippen LogP contribution in [0.15, 0.2) is 56.9 Å². The summed E-state index contributed by atoms with van der Waals surface area (Å²) in [6.07, 6.45) is 2.27. The summed E-state index contributed by atoms with van der Waals surface area (Å²) in [6.45, 7) is 13.1. The van der Waals surface area contributed by atoms with Gasteiger partial charge in [-0.2, -0.15) is 4.47 Å². The molecule has 3 heterocycles. The minimum atomic E-state index is -0.877. The van der Waals surface area contributed by atoms with E-state index < -0.39 is 12.2 Å². The van der Waals surface area contributed by atoms with Gasteiger partial charge in [-0.3, -0.25) is 29.1 Å². The first-order valence-corrected chi connectivity index (χ1v) is 17.6. The van der Waals surface area contributed by atoms with E-state index in [1.54, 1.807) is 16.7 Å². The van der Waals surface area contributed by atoms with Gasteiger partial charge in [-0.15, -0.1) is 0 Å². The highest BCUT2D eigenvalue weighted by atomic mass is 32.2.